The van der Waals surface area contributed by atoms with Gasteiger partial charge in [0.2, 0.25) is 5.91 Å². The van der Waals surface area contributed by atoms with E-state index in [-0.39, 0.29) is 5.91 Å². The standard InChI is InChI=1S/C14H14BrN3O/c15-12-6-7-13(17-10-12)18-14(19)5-1-3-11-4-2-8-16-9-11/h2,4,6-10H,1,3,5H2,(H,17,18,19). The van der Waals surface area contributed by atoms with Crippen molar-refractivity contribution >= 4 is 27.7 Å². The van der Waals surface area contributed by atoms with Crippen LogP contribution in [0.15, 0.2) is 47.3 Å². The molecule has 2 rings (SSSR count). The predicted molar refractivity (Wildman–Crippen MR) is 77.7 cm³/mol. The van der Waals surface area contributed by atoms with E-state index < -0.39 is 0 Å². The highest BCUT2D eigenvalue weighted by molar-refractivity contribution is 9.10. The zero-order valence-corrected chi connectivity index (χ0v) is 11.9. The lowest BCUT2D eigenvalue weighted by Gasteiger charge is -2.04. The Kier molecular flexibility index (Phi) is 5.03. The van der Waals surface area contributed by atoms with Crippen LogP contribution in [0.4, 0.5) is 5.82 Å². The molecule has 0 fully saturated rings. The molecule has 0 saturated carbocycles. The third-order valence-electron chi connectivity index (χ3n) is 2.59. The molecule has 1 N–H and O–H groups in total. The lowest BCUT2D eigenvalue weighted by molar-refractivity contribution is -0.116. The fraction of sp³-hybridized carbons (Fsp3) is 0.214. The smallest absolute Gasteiger partial charge is 0.225 e. The molecule has 2 heterocycles. The fourth-order valence-corrected chi connectivity index (χ4v) is 1.89. The van der Waals surface area contributed by atoms with Gasteiger partial charge in [0.15, 0.2) is 0 Å². The molecule has 0 radical (unpaired) electrons. The van der Waals surface area contributed by atoms with E-state index in [0.717, 1.165) is 22.9 Å². The van der Waals surface area contributed by atoms with Gasteiger partial charge in [0.05, 0.1) is 0 Å². The van der Waals surface area contributed by atoms with Crippen LogP contribution >= 0.6 is 15.9 Å². The molecule has 2 aromatic rings. The van der Waals surface area contributed by atoms with Crippen molar-refractivity contribution < 1.29 is 4.79 Å². The molecule has 0 atom stereocenters. The number of carbonyl (C=O) groups excluding carboxylic acids is 1. The minimum atomic E-state index is -0.0151. The highest BCUT2D eigenvalue weighted by Gasteiger charge is 2.03. The Balaban J connectivity index is 1.74. The van der Waals surface area contributed by atoms with E-state index in [4.69, 9.17) is 0 Å². The number of aryl methyl sites for hydroxylation is 1. The number of hydrogen-bond donors (Lipinski definition) is 1. The number of hydrogen-bond acceptors (Lipinski definition) is 3. The van der Waals surface area contributed by atoms with E-state index in [0.29, 0.717) is 12.2 Å². The summed E-state index contributed by atoms with van der Waals surface area (Å²) >= 11 is 3.30. The van der Waals surface area contributed by atoms with Gasteiger partial charge in [0.1, 0.15) is 5.82 Å². The molecule has 1 amide bonds. The van der Waals surface area contributed by atoms with Crippen molar-refractivity contribution in [1.29, 1.82) is 0 Å². The number of halogens is 1. The van der Waals surface area contributed by atoms with Crippen molar-refractivity contribution in [3.63, 3.8) is 0 Å². The molecule has 0 aromatic carbocycles. The van der Waals surface area contributed by atoms with E-state index in [1.165, 1.54) is 0 Å². The number of nitrogens with one attached hydrogen (secondary N) is 1. The monoisotopic (exact) mass is 319 g/mol. The zero-order chi connectivity index (χ0) is 13.5. The second-order valence-corrected chi connectivity index (χ2v) is 5.04. The van der Waals surface area contributed by atoms with Crippen LogP contribution in [0, 0.1) is 0 Å². The maximum Gasteiger partial charge on any atom is 0.225 e. The first-order valence-electron chi connectivity index (χ1n) is 6.04. The number of anilines is 1. The first-order chi connectivity index (χ1) is 9.24. The Morgan fingerprint density at radius 2 is 2.16 bits per heavy atom. The molecule has 0 aliphatic heterocycles. The normalized spacial score (nSPS) is 10.2. The van der Waals surface area contributed by atoms with Gasteiger partial charge in [-0.25, -0.2) is 4.98 Å². The molecule has 0 aliphatic rings. The largest absolute Gasteiger partial charge is 0.311 e. The summed E-state index contributed by atoms with van der Waals surface area (Å²) in [5, 5.41) is 2.77. The Morgan fingerprint density at radius 1 is 1.26 bits per heavy atom. The minimum absolute atomic E-state index is 0.0151. The maximum atomic E-state index is 11.7. The molecule has 5 heteroatoms. The average Bonchev–Trinajstić information content (AvgIpc) is 2.43. The second-order valence-electron chi connectivity index (χ2n) is 4.12. The summed E-state index contributed by atoms with van der Waals surface area (Å²) in [6.07, 6.45) is 7.37. The van der Waals surface area contributed by atoms with Gasteiger partial charge in [0.25, 0.3) is 0 Å². The van der Waals surface area contributed by atoms with Crippen LogP contribution in [0.5, 0.6) is 0 Å². The molecule has 0 spiro atoms. The number of aromatic nitrogens is 2. The van der Waals surface area contributed by atoms with Crippen LogP contribution in [-0.2, 0) is 11.2 Å². The van der Waals surface area contributed by atoms with Gasteiger partial charge < -0.3 is 5.32 Å². The van der Waals surface area contributed by atoms with Crippen LogP contribution in [0.25, 0.3) is 0 Å². The summed E-state index contributed by atoms with van der Waals surface area (Å²) in [5.41, 5.74) is 1.15. The van der Waals surface area contributed by atoms with Gasteiger partial charge in [-0.15, -0.1) is 0 Å². The average molecular weight is 320 g/mol. The summed E-state index contributed by atoms with van der Waals surface area (Å²) in [6, 6.07) is 7.53. The third-order valence-corrected chi connectivity index (χ3v) is 3.06. The predicted octanol–water partition coefficient (Wildman–Crippen LogP) is 3.20. The zero-order valence-electron chi connectivity index (χ0n) is 10.3. The molecular formula is C14H14BrN3O. The van der Waals surface area contributed by atoms with E-state index >= 15 is 0 Å². The summed E-state index contributed by atoms with van der Waals surface area (Å²) in [7, 11) is 0. The molecule has 4 nitrogen and oxygen atoms in total. The summed E-state index contributed by atoms with van der Waals surface area (Å²) in [6.45, 7) is 0. The van der Waals surface area contributed by atoms with E-state index in [1.54, 1.807) is 18.5 Å². The number of pyridine rings is 2. The van der Waals surface area contributed by atoms with Crippen molar-refractivity contribution in [1.82, 2.24) is 9.97 Å². The minimum Gasteiger partial charge on any atom is -0.311 e. The number of carbonyl (C=O) groups is 1. The number of amides is 1. The molecule has 19 heavy (non-hydrogen) atoms. The van der Waals surface area contributed by atoms with Crippen molar-refractivity contribution in [3.05, 3.63) is 52.9 Å². The van der Waals surface area contributed by atoms with Gasteiger partial charge >= 0.3 is 0 Å². The van der Waals surface area contributed by atoms with Gasteiger partial charge in [0, 0.05) is 29.5 Å². The summed E-state index contributed by atoms with van der Waals surface area (Å²) in [5.74, 6) is 0.563. The third kappa shape index (κ3) is 4.79. The Bertz CT molecular complexity index is 528. The maximum absolute atomic E-state index is 11.7. The van der Waals surface area contributed by atoms with E-state index in [9.17, 15) is 4.79 Å². The Hall–Kier alpha value is -1.75. The Labute approximate surface area is 120 Å². The van der Waals surface area contributed by atoms with Gasteiger partial charge in [-0.1, -0.05) is 6.07 Å². The molecule has 0 bridgehead atoms. The van der Waals surface area contributed by atoms with Crippen molar-refractivity contribution in [3.8, 4) is 0 Å². The van der Waals surface area contributed by atoms with Crippen LogP contribution in [0.3, 0.4) is 0 Å². The van der Waals surface area contributed by atoms with Crippen molar-refractivity contribution in [2.75, 3.05) is 5.32 Å². The number of nitrogens with zero attached hydrogens (tertiary/aromatic N) is 2. The molecule has 0 aliphatic carbocycles. The van der Waals surface area contributed by atoms with Gasteiger partial charge in [-0.05, 0) is 52.5 Å². The van der Waals surface area contributed by atoms with Crippen LogP contribution in [0.2, 0.25) is 0 Å². The highest BCUT2D eigenvalue weighted by atomic mass is 79.9. The first-order valence-corrected chi connectivity index (χ1v) is 6.83. The van der Waals surface area contributed by atoms with E-state index in [1.807, 2.05) is 24.4 Å². The first kappa shape index (κ1) is 13.7. The van der Waals surface area contributed by atoms with Gasteiger partial charge in [-0.3, -0.25) is 9.78 Å². The molecular weight excluding hydrogens is 306 g/mol. The van der Waals surface area contributed by atoms with Gasteiger partial charge in [-0.2, -0.15) is 0 Å². The van der Waals surface area contributed by atoms with Crippen molar-refractivity contribution in [2.45, 2.75) is 19.3 Å². The van der Waals surface area contributed by atoms with Crippen molar-refractivity contribution in [2.24, 2.45) is 0 Å². The Morgan fingerprint density at radius 3 is 2.84 bits per heavy atom. The van der Waals surface area contributed by atoms with Crippen LogP contribution < -0.4 is 5.32 Å². The van der Waals surface area contributed by atoms with Crippen LogP contribution in [-0.4, -0.2) is 15.9 Å². The number of rotatable bonds is 5. The molecule has 0 saturated heterocycles. The SMILES string of the molecule is O=C(CCCc1cccnc1)Nc1ccc(Br)cn1. The molecule has 98 valence electrons. The van der Waals surface area contributed by atoms with Crippen LogP contribution in [0.1, 0.15) is 18.4 Å². The summed E-state index contributed by atoms with van der Waals surface area (Å²) in [4.78, 5) is 19.8. The fourth-order valence-electron chi connectivity index (χ4n) is 1.65. The second kappa shape index (κ2) is 6.99. The highest BCUT2D eigenvalue weighted by Crippen LogP contribution is 2.11. The lowest BCUT2D eigenvalue weighted by atomic mass is 10.1. The summed E-state index contributed by atoms with van der Waals surface area (Å²) < 4.78 is 0.891. The molecule has 0 unspecified atom stereocenters. The lowest BCUT2D eigenvalue weighted by Crippen LogP contribution is -2.12. The topological polar surface area (TPSA) is 54.9 Å². The van der Waals surface area contributed by atoms with E-state index in [2.05, 4.69) is 31.2 Å². The quantitative estimate of drug-likeness (QED) is 0.920. The molecule has 2 aromatic heterocycles.